The molecule has 2 rings (SSSR count). The van der Waals surface area contributed by atoms with Crippen LogP contribution in [0.2, 0.25) is 0 Å². The van der Waals surface area contributed by atoms with Gasteiger partial charge in [0, 0.05) is 39.3 Å². The number of carbonyl (C=O) groups excluding carboxylic acids is 1. The van der Waals surface area contributed by atoms with Crippen molar-refractivity contribution in [1.82, 2.24) is 10.2 Å². The van der Waals surface area contributed by atoms with Crippen molar-refractivity contribution in [3.05, 3.63) is 30.1 Å². The zero-order valence-electron chi connectivity index (χ0n) is 11.6. The maximum absolute atomic E-state index is 13.7. The molecule has 1 aromatic carbocycles. The van der Waals surface area contributed by atoms with Crippen molar-refractivity contribution in [2.75, 3.05) is 51.3 Å². The molecule has 5 nitrogen and oxygen atoms in total. The minimum absolute atomic E-state index is 0.173. The zero-order valence-corrected chi connectivity index (χ0v) is 11.6. The number of benzene rings is 1. The molecule has 1 heterocycles. The number of halogens is 1. The second-order valence-corrected chi connectivity index (χ2v) is 4.70. The Kier molecular flexibility index (Phi) is 5.17. The van der Waals surface area contributed by atoms with Gasteiger partial charge >= 0.3 is 6.09 Å². The lowest BCUT2D eigenvalue weighted by molar-refractivity contribution is 0.168. The molecule has 0 aliphatic carbocycles. The Morgan fingerprint density at radius 3 is 2.65 bits per heavy atom. The second-order valence-electron chi connectivity index (χ2n) is 4.70. The van der Waals surface area contributed by atoms with Crippen molar-refractivity contribution in [2.45, 2.75) is 0 Å². The highest BCUT2D eigenvalue weighted by molar-refractivity contribution is 5.66. The molecule has 0 atom stereocenters. The Morgan fingerprint density at radius 2 is 2.00 bits per heavy atom. The lowest BCUT2D eigenvalue weighted by Gasteiger charge is -2.36. The number of carbonyl (C=O) groups is 1. The molecule has 0 spiro atoms. The van der Waals surface area contributed by atoms with Crippen molar-refractivity contribution in [3.8, 4) is 0 Å². The lowest BCUT2D eigenvalue weighted by Crippen LogP contribution is -2.48. The second kappa shape index (κ2) is 7.09. The maximum Gasteiger partial charge on any atom is 0.406 e. The number of methoxy groups -OCH3 is 1. The molecule has 20 heavy (non-hydrogen) atoms. The molecule has 1 saturated heterocycles. The summed E-state index contributed by atoms with van der Waals surface area (Å²) in [6.45, 7) is 4.64. The average Bonchev–Trinajstić information content (AvgIpc) is 2.48. The third-order valence-corrected chi connectivity index (χ3v) is 3.45. The molecule has 1 aliphatic heterocycles. The van der Waals surface area contributed by atoms with Gasteiger partial charge in [-0.05, 0) is 12.1 Å². The Labute approximate surface area is 118 Å². The molecule has 1 aliphatic rings. The van der Waals surface area contributed by atoms with E-state index in [-0.39, 0.29) is 5.82 Å². The molecule has 0 aromatic heterocycles. The number of anilines is 1. The highest BCUT2D eigenvalue weighted by atomic mass is 19.1. The van der Waals surface area contributed by atoms with Crippen molar-refractivity contribution >= 4 is 11.8 Å². The first-order valence-corrected chi connectivity index (χ1v) is 6.74. The number of nitrogens with zero attached hydrogens (tertiary/aromatic N) is 2. The minimum atomic E-state index is -0.407. The van der Waals surface area contributed by atoms with E-state index in [4.69, 9.17) is 0 Å². The number of ether oxygens (including phenoxy) is 1. The smallest absolute Gasteiger partial charge is 0.406 e. The summed E-state index contributed by atoms with van der Waals surface area (Å²) in [5, 5.41) is 2.66. The summed E-state index contributed by atoms with van der Waals surface area (Å²) in [5.74, 6) is -0.173. The number of piperazine rings is 1. The number of hydrogen-bond acceptors (Lipinski definition) is 4. The molecule has 0 radical (unpaired) electrons. The highest BCUT2D eigenvalue weighted by Crippen LogP contribution is 2.19. The van der Waals surface area contributed by atoms with Gasteiger partial charge in [-0.25, -0.2) is 9.18 Å². The third kappa shape index (κ3) is 3.84. The van der Waals surface area contributed by atoms with Gasteiger partial charge in [-0.1, -0.05) is 12.1 Å². The molecular weight excluding hydrogens is 261 g/mol. The minimum Gasteiger partial charge on any atom is -0.453 e. The molecule has 1 aromatic rings. The Morgan fingerprint density at radius 1 is 1.30 bits per heavy atom. The van der Waals surface area contributed by atoms with E-state index in [1.165, 1.54) is 13.2 Å². The van der Waals surface area contributed by atoms with Gasteiger partial charge in [0.05, 0.1) is 12.8 Å². The SMILES string of the molecule is COC(=O)NCCN1CCN(c2ccccc2F)CC1. The van der Waals surface area contributed by atoms with Crippen molar-refractivity contribution in [3.63, 3.8) is 0 Å². The first-order valence-electron chi connectivity index (χ1n) is 6.74. The van der Waals surface area contributed by atoms with Crippen LogP contribution >= 0.6 is 0 Å². The summed E-state index contributed by atoms with van der Waals surface area (Å²) < 4.78 is 18.2. The van der Waals surface area contributed by atoms with Crippen molar-refractivity contribution in [1.29, 1.82) is 0 Å². The number of amides is 1. The van der Waals surface area contributed by atoms with Crippen LogP contribution in [0, 0.1) is 5.82 Å². The van der Waals surface area contributed by atoms with E-state index in [2.05, 4.69) is 19.9 Å². The van der Waals surface area contributed by atoms with Gasteiger partial charge in [-0.3, -0.25) is 4.90 Å². The maximum atomic E-state index is 13.7. The third-order valence-electron chi connectivity index (χ3n) is 3.45. The van der Waals surface area contributed by atoms with Gasteiger partial charge < -0.3 is 15.0 Å². The van der Waals surface area contributed by atoms with Crippen molar-refractivity contribution < 1.29 is 13.9 Å². The molecule has 0 bridgehead atoms. The fourth-order valence-corrected chi connectivity index (χ4v) is 2.31. The lowest BCUT2D eigenvalue weighted by atomic mass is 10.2. The van der Waals surface area contributed by atoms with Crippen LogP contribution in [0.15, 0.2) is 24.3 Å². The zero-order chi connectivity index (χ0) is 14.4. The number of para-hydroxylation sites is 1. The molecule has 1 fully saturated rings. The van der Waals surface area contributed by atoms with E-state index in [0.29, 0.717) is 12.2 Å². The predicted molar refractivity (Wildman–Crippen MR) is 75.5 cm³/mol. The average molecular weight is 281 g/mol. The Hall–Kier alpha value is -1.82. The number of rotatable bonds is 4. The van der Waals surface area contributed by atoms with Crippen LogP contribution in [0.4, 0.5) is 14.9 Å². The molecule has 0 unspecified atom stereocenters. The number of hydrogen-bond donors (Lipinski definition) is 1. The van der Waals surface area contributed by atoms with E-state index in [1.807, 2.05) is 12.1 Å². The van der Waals surface area contributed by atoms with E-state index in [9.17, 15) is 9.18 Å². The molecule has 6 heteroatoms. The number of alkyl carbamates (subject to hydrolysis) is 1. The molecule has 1 amide bonds. The number of nitrogens with one attached hydrogen (secondary N) is 1. The first-order chi connectivity index (χ1) is 9.70. The Balaban J connectivity index is 1.75. The quantitative estimate of drug-likeness (QED) is 0.903. The van der Waals surface area contributed by atoms with Crippen LogP contribution < -0.4 is 10.2 Å². The topological polar surface area (TPSA) is 44.8 Å². The van der Waals surface area contributed by atoms with Crippen LogP contribution in [0.25, 0.3) is 0 Å². The summed E-state index contributed by atoms with van der Waals surface area (Å²) in [6, 6.07) is 6.85. The molecule has 0 saturated carbocycles. The standard InChI is InChI=1S/C14H20FN3O2/c1-20-14(19)16-6-7-17-8-10-18(11-9-17)13-5-3-2-4-12(13)15/h2-5H,6-11H2,1H3,(H,16,19). The van der Waals surface area contributed by atoms with Crippen LogP contribution in [0.5, 0.6) is 0 Å². The highest BCUT2D eigenvalue weighted by Gasteiger charge is 2.18. The van der Waals surface area contributed by atoms with Crippen LogP contribution in [0.3, 0.4) is 0 Å². The van der Waals surface area contributed by atoms with E-state index in [0.717, 1.165) is 32.7 Å². The van der Waals surface area contributed by atoms with Gasteiger partial charge in [0.2, 0.25) is 0 Å². The summed E-state index contributed by atoms with van der Waals surface area (Å²) in [6.07, 6.45) is -0.407. The summed E-state index contributed by atoms with van der Waals surface area (Å²) in [5.41, 5.74) is 0.667. The van der Waals surface area contributed by atoms with Crippen molar-refractivity contribution in [2.24, 2.45) is 0 Å². The molecule has 1 N–H and O–H groups in total. The van der Waals surface area contributed by atoms with E-state index < -0.39 is 6.09 Å². The van der Waals surface area contributed by atoms with Crippen LogP contribution in [0.1, 0.15) is 0 Å². The van der Waals surface area contributed by atoms with Crippen LogP contribution in [-0.2, 0) is 4.74 Å². The van der Waals surface area contributed by atoms with Gasteiger partial charge in [-0.2, -0.15) is 0 Å². The molecule has 110 valence electrons. The summed E-state index contributed by atoms with van der Waals surface area (Å²) >= 11 is 0. The fraction of sp³-hybridized carbons (Fsp3) is 0.500. The van der Waals surface area contributed by atoms with Gasteiger partial charge in [0.15, 0.2) is 0 Å². The van der Waals surface area contributed by atoms with Gasteiger partial charge in [-0.15, -0.1) is 0 Å². The predicted octanol–water partition coefficient (Wildman–Crippen LogP) is 1.30. The summed E-state index contributed by atoms with van der Waals surface area (Å²) in [4.78, 5) is 15.2. The largest absolute Gasteiger partial charge is 0.453 e. The normalized spacial score (nSPS) is 16.0. The first kappa shape index (κ1) is 14.6. The van der Waals surface area contributed by atoms with Gasteiger partial charge in [0.25, 0.3) is 0 Å². The summed E-state index contributed by atoms with van der Waals surface area (Å²) in [7, 11) is 1.35. The monoisotopic (exact) mass is 281 g/mol. The van der Waals surface area contributed by atoms with E-state index >= 15 is 0 Å². The Bertz CT molecular complexity index is 448. The van der Waals surface area contributed by atoms with Crippen LogP contribution in [-0.4, -0.2) is 57.4 Å². The van der Waals surface area contributed by atoms with E-state index in [1.54, 1.807) is 6.07 Å². The fourth-order valence-electron chi connectivity index (χ4n) is 2.31. The molecular formula is C14H20FN3O2. The van der Waals surface area contributed by atoms with Gasteiger partial charge in [0.1, 0.15) is 5.82 Å².